The molecule has 0 saturated carbocycles. The van der Waals surface area contributed by atoms with Gasteiger partial charge in [0.25, 0.3) is 0 Å². The number of nitrogens with zero attached hydrogens (tertiary/aromatic N) is 2. The third kappa shape index (κ3) is 3.51. The van der Waals surface area contributed by atoms with Crippen molar-refractivity contribution >= 4 is 17.1 Å². The normalized spacial score (nSPS) is 15.0. The van der Waals surface area contributed by atoms with E-state index in [1.165, 1.54) is 22.3 Å². The second kappa shape index (κ2) is 7.24. The minimum Gasteiger partial charge on any atom is -0.309 e. The molecule has 32 heavy (non-hydrogen) atoms. The Kier molecular flexibility index (Phi) is 5.01. The topological polar surface area (TPSA) is 27.0 Å². The van der Waals surface area contributed by atoms with E-state index in [-0.39, 0.29) is 16.2 Å². The number of benzene rings is 3. The fourth-order valence-electron chi connectivity index (χ4n) is 4.69. The Hall–Kier alpha value is -3.05. The second-order valence-corrected chi connectivity index (χ2v) is 11.6. The zero-order chi connectivity index (χ0) is 23.5. The highest BCUT2D eigenvalue weighted by Gasteiger charge is 2.39. The Labute approximate surface area is 193 Å². The molecule has 0 aromatic heterocycles. The number of fused-ring (bicyclic) bond motifs is 2. The van der Waals surface area contributed by atoms with Crippen LogP contribution in [0.25, 0.3) is 0 Å². The van der Waals surface area contributed by atoms with Gasteiger partial charge in [0, 0.05) is 5.41 Å². The van der Waals surface area contributed by atoms with Crippen molar-refractivity contribution in [2.75, 3.05) is 4.90 Å². The molecule has 0 saturated heterocycles. The maximum absolute atomic E-state index is 9.87. The molecule has 0 fully saturated rings. The summed E-state index contributed by atoms with van der Waals surface area (Å²) in [4.78, 5) is 2.29. The molecule has 164 valence electrons. The Bertz CT molecular complexity index is 1160. The van der Waals surface area contributed by atoms with Gasteiger partial charge in [-0.3, -0.25) is 0 Å². The van der Waals surface area contributed by atoms with Crippen molar-refractivity contribution in [1.82, 2.24) is 0 Å². The predicted octanol–water partition coefficient (Wildman–Crippen LogP) is 8.26. The van der Waals surface area contributed by atoms with Gasteiger partial charge in [0.2, 0.25) is 0 Å². The highest BCUT2D eigenvalue weighted by Crippen LogP contribution is 2.53. The van der Waals surface area contributed by atoms with E-state index in [4.69, 9.17) is 0 Å². The fourth-order valence-corrected chi connectivity index (χ4v) is 4.69. The van der Waals surface area contributed by atoms with Crippen molar-refractivity contribution in [2.24, 2.45) is 0 Å². The van der Waals surface area contributed by atoms with Gasteiger partial charge in [0.05, 0.1) is 22.6 Å². The molecule has 0 radical (unpaired) electrons. The van der Waals surface area contributed by atoms with E-state index in [1.54, 1.807) is 0 Å². The van der Waals surface area contributed by atoms with Crippen LogP contribution in [-0.4, -0.2) is 0 Å². The van der Waals surface area contributed by atoms with Crippen molar-refractivity contribution < 1.29 is 0 Å². The first-order valence-corrected chi connectivity index (χ1v) is 11.4. The van der Waals surface area contributed by atoms with Crippen LogP contribution in [0.1, 0.15) is 83.2 Å². The number of anilines is 3. The SMILES string of the molecule is CC(C)(C)c1ccc2c(c1)C(C)(C)c1cc(C(C)(C)C)ccc1N2c1ccccc1C#N. The summed E-state index contributed by atoms with van der Waals surface area (Å²) in [5.74, 6) is 0. The zero-order valence-corrected chi connectivity index (χ0v) is 20.7. The molecule has 2 nitrogen and oxygen atoms in total. The molecule has 1 heterocycles. The van der Waals surface area contributed by atoms with Gasteiger partial charge in [0.1, 0.15) is 6.07 Å². The third-order valence-electron chi connectivity index (χ3n) is 6.82. The maximum Gasteiger partial charge on any atom is 0.101 e. The molecule has 0 bridgehead atoms. The lowest BCUT2D eigenvalue weighted by atomic mass is 9.70. The number of hydrogen-bond donors (Lipinski definition) is 0. The molecule has 0 N–H and O–H groups in total. The average molecular weight is 423 g/mol. The van der Waals surface area contributed by atoms with Crippen molar-refractivity contribution in [3.63, 3.8) is 0 Å². The van der Waals surface area contributed by atoms with Crippen molar-refractivity contribution in [2.45, 2.75) is 71.6 Å². The molecule has 3 aromatic rings. The van der Waals surface area contributed by atoms with Gasteiger partial charge >= 0.3 is 0 Å². The number of nitriles is 1. The van der Waals surface area contributed by atoms with Crippen LogP contribution >= 0.6 is 0 Å². The van der Waals surface area contributed by atoms with E-state index in [0.29, 0.717) is 5.56 Å². The summed E-state index contributed by atoms with van der Waals surface area (Å²) >= 11 is 0. The Morgan fingerprint density at radius 3 is 1.59 bits per heavy atom. The third-order valence-corrected chi connectivity index (χ3v) is 6.82. The molecule has 0 aliphatic carbocycles. The van der Waals surface area contributed by atoms with E-state index >= 15 is 0 Å². The van der Waals surface area contributed by atoms with Crippen molar-refractivity contribution in [3.05, 3.63) is 88.5 Å². The lowest BCUT2D eigenvalue weighted by molar-refractivity contribution is 0.573. The van der Waals surface area contributed by atoms with Crippen LogP contribution in [0, 0.1) is 11.3 Å². The summed E-state index contributed by atoms with van der Waals surface area (Å²) in [6.45, 7) is 18.2. The lowest BCUT2D eigenvalue weighted by Crippen LogP contribution is -2.32. The summed E-state index contributed by atoms with van der Waals surface area (Å²) in [5.41, 5.74) is 9.15. The number of hydrogen-bond acceptors (Lipinski definition) is 2. The standard InChI is InChI=1S/C30H34N2/c1-28(2,3)21-13-15-26-23(17-21)30(7,8)24-18-22(29(4,5)6)14-16-27(24)32(26)25-12-10-9-11-20(25)19-31/h9-18H,1-8H3. The molecule has 1 aliphatic rings. The molecule has 3 aromatic carbocycles. The van der Waals surface area contributed by atoms with Gasteiger partial charge in [-0.2, -0.15) is 5.26 Å². The molecule has 0 spiro atoms. The molecule has 0 amide bonds. The Morgan fingerprint density at radius 1 is 0.688 bits per heavy atom. The Balaban J connectivity index is 2.08. The van der Waals surface area contributed by atoms with E-state index in [0.717, 1.165) is 17.1 Å². The first kappa shape index (κ1) is 22.2. The first-order valence-electron chi connectivity index (χ1n) is 11.4. The van der Waals surface area contributed by atoms with Crippen LogP contribution < -0.4 is 4.90 Å². The minimum atomic E-state index is -0.161. The fraction of sp³-hybridized carbons (Fsp3) is 0.367. The lowest BCUT2D eigenvalue weighted by Gasteiger charge is -2.43. The molecule has 4 rings (SSSR count). The second-order valence-electron chi connectivity index (χ2n) is 11.6. The van der Waals surface area contributed by atoms with E-state index in [1.807, 2.05) is 18.2 Å². The zero-order valence-electron chi connectivity index (χ0n) is 20.7. The van der Waals surface area contributed by atoms with E-state index < -0.39 is 0 Å². The van der Waals surface area contributed by atoms with Gasteiger partial charge in [-0.1, -0.05) is 91.8 Å². The van der Waals surface area contributed by atoms with Gasteiger partial charge in [-0.05, 0) is 57.3 Å². The molecule has 0 unspecified atom stereocenters. The predicted molar refractivity (Wildman–Crippen MR) is 135 cm³/mol. The van der Waals surface area contributed by atoms with Gasteiger partial charge in [0.15, 0.2) is 0 Å². The first-order chi connectivity index (χ1) is 14.9. The number of para-hydroxylation sites is 1. The molecule has 1 aliphatic heterocycles. The van der Waals surface area contributed by atoms with E-state index in [2.05, 4.69) is 109 Å². The van der Waals surface area contributed by atoms with Crippen LogP contribution in [0.15, 0.2) is 60.7 Å². The summed E-state index contributed by atoms with van der Waals surface area (Å²) in [5, 5.41) is 9.87. The summed E-state index contributed by atoms with van der Waals surface area (Å²) < 4.78 is 0. The van der Waals surface area contributed by atoms with Crippen LogP contribution in [-0.2, 0) is 16.2 Å². The minimum absolute atomic E-state index is 0.0635. The quantitative estimate of drug-likeness (QED) is 0.394. The largest absolute Gasteiger partial charge is 0.309 e. The highest BCUT2D eigenvalue weighted by molar-refractivity contribution is 5.88. The molecule has 2 heteroatoms. The molecule has 0 atom stereocenters. The monoisotopic (exact) mass is 422 g/mol. The van der Waals surface area contributed by atoms with Crippen molar-refractivity contribution in [1.29, 1.82) is 5.26 Å². The van der Waals surface area contributed by atoms with Gasteiger partial charge in [-0.25, -0.2) is 0 Å². The van der Waals surface area contributed by atoms with Crippen molar-refractivity contribution in [3.8, 4) is 6.07 Å². The summed E-state index contributed by atoms with van der Waals surface area (Å²) in [6.07, 6.45) is 0. The summed E-state index contributed by atoms with van der Waals surface area (Å²) in [6, 6.07) is 24.0. The molecular formula is C30H34N2. The molecular weight excluding hydrogens is 388 g/mol. The van der Waals surface area contributed by atoms with Crippen LogP contribution in [0.4, 0.5) is 17.1 Å². The average Bonchev–Trinajstić information content (AvgIpc) is 2.72. The van der Waals surface area contributed by atoms with Crippen LogP contribution in [0.5, 0.6) is 0 Å². The van der Waals surface area contributed by atoms with Crippen LogP contribution in [0.3, 0.4) is 0 Å². The smallest absolute Gasteiger partial charge is 0.101 e. The van der Waals surface area contributed by atoms with Gasteiger partial charge in [-0.15, -0.1) is 0 Å². The Morgan fingerprint density at radius 2 is 1.16 bits per heavy atom. The summed E-state index contributed by atoms with van der Waals surface area (Å²) in [7, 11) is 0. The highest BCUT2D eigenvalue weighted by atomic mass is 15.2. The van der Waals surface area contributed by atoms with Gasteiger partial charge < -0.3 is 4.90 Å². The maximum atomic E-state index is 9.87. The number of rotatable bonds is 1. The van der Waals surface area contributed by atoms with Crippen LogP contribution in [0.2, 0.25) is 0 Å². The van der Waals surface area contributed by atoms with E-state index in [9.17, 15) is 5.26 Å².